The molecule has 0 unspecified atom stereocenters. The lowest BCUT2D eigenvalue weighted by Crippen LogP contribution is -2.39. The van der Waals surface area contributed by atoms with Gasteiger partial charge in [-0.25, -0.2) is 4.68 Å². The fourth-order valence-corrected chi connectivity index (χ4v) is 3.22. The lowest BCUT2D eigenvalue weighted by Gasteiger charge is -2.25. The summed E-state index contributed by atoms with van der Waals surface area (Å²) in [7, 11) is 0. The maximum atomic E-state index is 5.87. The minimum Gasteiger partial charge on any atom is -0.472 e. The van der Waals surface area contributed by atoms with Gasteiger partial charge >= 0.3 is 0 Å². The maximum absolute atomic E-state index is 5.87. The van der Waals surface area contributed by atoms with E-state index in [-0.39, 0.29) is 0 Å². The Kier molecular flexibility index (Phi) is 4.41. The third-order valence-electron chi connectivity index (χ3n) is 4.57. The second-order valence-electron chi connectivity index (χ2n) is 6.25. The first-order chi connectivity index (χ1) is 11.4. The topological polar surface area (TPSA) is 74.3 Å². The van der Waals surface area contributed by atoms with Crippen LogP contribution in [0.4, 0.5) is 0 Å². The summed E-state index contributed by atoms with van der Waals surface area (Å²) < 4.78 is 18.4. The van der Waals surface area contributed by atoms with Gasteiger partial charge in [0.05, 0.1) is 31.4 Å². The zero-order valence-corrected chi connectivity index (χ0v) is 13.1. The summed E-state index contributed by atoms with van der Waals surface area (Å²) in [6, 6.07) is 2.46. The van der Waals surface area contributed by atoms with Crippen LogP contribution in [0.3, 0.4) is 0 Å². The van der Waals surface area contributed by atoms with Crippen molar-refractivity contribution in [1.29, 1.82) is 0 Å². The fraction of sp³-hybridized carbons (Fsp3) is 0.625. The van der Waals surface area contributed by atoms with Crippen molar-refractivity contribution in [3.8, 4) is 11.3 Å². The molecule has 124 valence electrons. The van der Waals surface area contributed by atoms with Gasteiger partial charge in [-0.1, -0.05) is 5.21 Å². The van der Waals surface area contributed by atoms with E-state index >= 15 is 0 Å². The minimum atomic E-state index is 0.401. The molecule has 0 saturated carbocycles. The molecule has 2 aromatic rings. The van der Waals surface area contributed by atoms with E-state index in [4.69, 9.17) is 13.9 Å². The fourth-order valence-electron chi connectivity index (χ4n) is 3.22. The minimum absolute atomic E-state index is 0.401. The number of hydrogen-bond donors (Lipinski definition) is 1. The number of rotatable bonds is 4. The maximum Gasteiger partial charge on any atom is 0.121 e. The van der Waals surface area contributed by atoms with E-state index in [1.165, 1.54) is 0 Å². The van der Waals surface area contributed by atoms with Crippen LogP contribution in [0.15, 0.2) is 23.0 Å². The van der Waals surface area contributed by atoms with Crippen LogP contribution in [0, 0.1) is 5.92 Å². The Labute approximate surface area is 134 Å². The average Bonchev–Trinajstić information content (AvgIpc) is 3.20. The van der Waals surface area contributed by atoms with Gasteiger partial charge < -0.3 is 19.2 Å². The van der Waals surface area contributed by atoms with Gasteiger partial charge in [-0.2, -0.15) is 0 Å². The smallest absolute Gasteiger partial charge is 0.121 e. The molecule has 2 aliphatic rings. The molecule has 0 radical (unpaired) electrons. The normalized spacial score (nSPS) is 22.7. The zero-order chi connectivity index (χ0) is 15.5. The molecule has 23 heavy (non-hydrogen) atoms. The molecule has 1 saturated heterocycles. The Morgan fingerprint density at radius 2 is 2.17 bits per heavy atom. The summed E-state index contributed by atoms with van der Waals surface area (Å²) in [5.41, 5.74) is 2.84. The zero-order valence-electron chi connectivity index (χ0n) is 13.1. The van der Waals surface area contributed by atoms with Gasteiger partial charge in [0, 0.05) is 43.8 Å². The van der Waals surface area contributed by atoms with Crippen LogP contribution in [0.2, 0.25) is 0 Å². The van der Waals surface area contributed by atoms with Crippen molar-refractivity contribution in [2.45, 2.75) is 32.0 Å². The van der Waals surface area contributed by atoms with Crippen molar-refractivity contribution < 1.29 is 13.9 Å². The predicted molar refractivity (Wildman–Crippen MR) is 82.7 cm³/mol. The molecule has 2 aliphatic heterocycles. The monoisotopic (exact) mass is 318 g/mol. The molecule has 1 fully saturated rings. The Hall–Kier alpha value is -1.70. The van der Waals surface area contributed by atoms with Gasteiger partial charge in [0.15, 0.2) is 0 Å². The number of aromatic nitrogens is 3. The summed E-state index contributed by atoms with van der Waals surface area (Å²) in [4.78, 5) is 0. The van der Waals surface area contributed by atoms with E-state index < -0.39 is 0 Å². The van der Waals surface area contributed by atoms with E-state index in [9.17, 15) is 0 Å². The van der Waals surface area contributed by atoms with Crippen LogP contribution in [0.1, 0.15) is 18.5 Å². The predicted octanol–water partition coefficient (Wildman–Crippen LogP) is 1.45. The highest BCUT2D eigenvalue weighted by atomic mass is 16.5. The molecule has 7 nitrogen and oxygen atoms in total. The summed E-state index contributed by atoms with van der Waals surface area (Å²) in [5, 5.41) is 12.3. The van der Waals surface area contributed by atoms with Gasteiger partial charge in [0.2, 0.25) is 0 Å². The molecule has 1 atom stereocenters. The van der Waals surface area contributed by atoms with E-state index in [0.717, 1.165) is 62.7 Å². The first-order valence-electron chi connectivity index (χ1n) is 8.24. The summed E-state index contributed by atoms with van der Waals surface area (Å²) in [6.07, 6.45) is 5.53. The van der Waals surface area contributed by atoms with Crippen molar-refractivity contribution >= 4 is 0 Å². The highest BCUT2D eigenvalue weighted by Crippen LogP contribution is 2.24. The third kappa shape index (κ3) is 3.31. The lowest BCUT2D eigenvalue weighted by atomic mass is 10.1. The molecule has 0 amide bonds. The van der Waals surface area contributed by atoms with E-state index in [0.29, 0.717) is 18.6 Å². The Balaban J connectivity index is 1.41. The number of nitrogens with one attached hydrogen (secondary N) is 1. The van der Waals surface area contributed by atoms with Crippen molar-refractivity contribution in [2.75, 3.05) is 26.4 Å². The molecule has 2 aromatic heterocycles. The highest BCUT2D eigenvalue weighted by Gasteiger charge is 2.23. The van der Waals surface area contributed by atoms with Gasteiger partial charge in [0.25, 0.3) is 0 Å². The Morgan fingerprint density at radius 3 is 3.00 bits per heavy atom. The van der Waals surface area contributed by atoms with Crippen molar-refractivity contribution in [3.63, 3.8) is 0 Å². The first kappa shape index (κ1) is 14.9. The number of furan rings is 1. The van der Waals surface area contributed by atoms with Crippen LogP contribution < -0.4 is 5.32 Å². The van der Waals surface area contributed by atoms with Crippen LogP contribution in [0.25, 0.3) is 11.3 Å². The van der Waals surface area contributed by atoms with Gasteiger partial charge in [-0.05, 0) is 18.9 Å². The highest BCUT2D eigenvalue weighted by molar-refractivity contribution is 5.59. The molecule has 7 heteroatoms. The van der Waals surface area contributed by atoms with Crippen molar-refractivity contribution in [1.82, 2.24) is 20.3 Å². The van der Waals surface area contributed by atoms with Gasteiger partial charge in [-0.3, -0.25) is 0 Å². The van der Waals surface area contributed by atoms with E-state index in [1.807, 2.05) is 10.7 Å². The van der Waals surface area contributed by atoms with Crippen molar-refractivity contribution in [3.05, 3.63) is 24.3 Å². The number of nitrogens with zero attached hydrogens (tertiary/aromatic N) is 3. The van der Waals surface area contributed by atoms with Crippen LogP contribution >= 0.6 is 0 Å². The molecular weight excluding hydrogens is 296 g/mol. The second kappa shape index (κ2) is 6.82. The molecule has 4 heterocycles. The van der Waals surface area contributed by atoms with Crippen LogP contribution in [0.5, 0.6) is 0 Å². The standard InChI is InChI=1S/C16H22N4O3/c1-4-22-10-13(1)16-15-11-23-9-12(8-20(15)19-18-16)7-17-14-2-5-21-6-3-14/h1,4,10,12,14,17H,2-3,5-9,11H2/t12-/m1/s1. The molecular formula is C16H22N4O3. The van der Waals surface area contributed by atoms with Gasteiger partial charge in [-0.15, -0.1) is 5.10 Å². The Bertz CT molecular complexity index is 619. The lowest BCUT2D eigenvalue weighted by molar-refractivity contribution is 0.0694. The third-order valence-corrected chi connectivity index (χ3v) is 4.57. The van der Waals surface area contributed by atoms with E-state index in [2.05, 4.69) is 15.6 Å². The number of ether oxygens (including phenoxy) is 2. The van der Waals surface area contributed by atoms with E-state index in [1.54, 1.807) is 12.5 Å². The quantitative estimate of drug-likeness (QED) is 0.920. The van der Waals surface area contributed by atoms with Crippen LogP contribution in [-0.4, -0.2) is 47.4 Å². The molecule has 1 N–H and O–H groups in total. The largest absolute Gasteiger partial charge is 0.472 e. The molecule has 0 bridgehead atoms. The molecule has 0 aromatic carbocycles. The first-order valence-corrected chi connectivity index (χ1v) is 8.24. The SMILES string of the molecule is c1cc(-c2nnn3c2COC[C@H](CNC2CCOCC2)C3)co1. The molecule has 0 aliphatic carbocycles. The van der Waals surface area contributed by atoms with Crippen molar-refractivity contribution in [2.24, 2.45) is 5.92 Å². The number of fused-ring (bicyclic) bond motifs is 1. The molecule has 0 spiro atoms. The van der Waals surface area contributed by atoms with Crippen LogP contribution in [-0.2, 0) is 22.6 Å². The summed E-state index contributed by atoms with van der Waals surface area (Å²) in [6.45, 7) is 4.77. The Morgan fingerprint density at radius 1 is 1.26 bits per heavy atom. The second-order valence-corrected chi connectivity index (χ2v) is 6.25. The number of hydrogen-bond acceptors (Lipinski definition) is 6. The molecule has 4 rings (SSSR count). The summed E-state index contributed by atoms with van der Waals surface area (Å²) in [5.74, 6) is 0.401. The summed E-state index contributed by atoms with van der Waals surface area (Å²) >= 11 is 0. The average molecular weight is 318 g/mol. The van der Waals surface area contributed by atoms with Gasteiger partial charge in [0.1, 0.15) is 5.69 Å².